The number of carbonyl (C=O) groups excluding carboxylic acids is 1. The molecule has 0 saturated carbocycles. The Kier molecular flexibility index (Phi) is 3.42. The number of hydrogen-bond donors (Lipinski definition) is 1. The molecule has 1 aliphatic heterocycles. The highest BCUT2D eigenvalue weighted by Crippen LogP contribution is 2.21. The Balaban J connectivity index is 1.93. The predicted molar refractivity (Wildman–Crippen MR) is 77.4 cm³/mol. The van der Waals surface area contributed by atoms with Crippen LogP contribution in [0.4, 0.5) is 5.82 Å². The van der Waals surface area contributed by atoms with E-state index in [9.17, 15) is 4.79 Å². The number of ether oxygens (including phenoxy) is 1. The summed E-state index contributed by atoms with van der Waals surface area (Å²) in [6.07, 6.45) is -0.583. The van der Waals surface area contributed by atoms with Crippen LogP contribution in [0.25, 0.3) is 10.8 Å². The number of anilines is 1. The third-order valence-electron chi connectivity index (χ3n) is 3.49. The SMILES string of the molecule is N#CC1CN(C(=O)c2cc3ccccc3c(N)n2)CCO1. The number of nitrogen functional groups attached to an aromatic ring is 1. The molecule has 1 aromatic heterocycles. The highest BCUT2D eigenvalue weighted by Gasteiger charge is 2.26. The normalized spacial score (nSPS) is 18.4. The third kappa shape index (κ3) is 2.51. The zero-order chi connectivity index (χ0) is 14.8. The van der Waals surface area contributed by atoms with Crippen LogP contribution in [0, 0.1) is 11.3 Å². The molecule has 1 aliphatic rings. The van der Waals surface area contributed by atoms with Gasteiger partial charge in [0.05, 0.1) is 19.2 Å². The molecule has 0 bridgehead atoms. The van der Waals surface area contributed by atoms with Gasteiger partial charge in [-0.1, -0.05) is 24.3 Å². The van der Waals surface area contributed by atoms with Crippen LogP contribution in [0.5, 0.6) is 0 Å². The summed E-state index contributed by atoms with van der Waals surface area (Å²) in [7, 11) is 0. The summed E-state index contributed by atoms with van der Waals surface area (Å²) in [5.74, 6) is 0.109. The second kappa shape index (κ2) is 5.38. The molecule has 2 aromatic rings. The molecule has 1 fully saturated rings. The van der Waals surface area contributed by atoms with Crippen molar-refractivity contribution >= 4 is 22.5 Å². The first-order chi connectivity index (χ1) is 10.2. The fraction of sp³-hybridized carbons (Fsp3) is 0.267. The Morgan fingerprint density at radius 1 is 1.48 bits per heavy atom. The molecule has 1 saturated heterocycles. The number of morpholine rings is 1. The smallest absolute Gasteiger partial charge is 0.272 e. The summed E-state index contributed by atoms with van der Waals surface area (Å²) >= 11 is 0. The first kappa shape index (κ1) is 13.3. The molecular weight excluding hydrogens is 268 g/mol. The first-order valence-electron chi connectivity index (χ1n) is 6.65. The number of hydrogen-bond acceptors (Lipinski definition) is 5. The molecule has 1 aromatic carbocycles. The highest BCUT2D eigenvalue weighted by atomic mass is 16.5. The van der Waals surface area contributed by atoms with Crippen molar-refractivity contribution in [2.75, 3.05) is 25.4 Å². The Morgan fingerprint density at radius 2 is 2.29 bits per heavy atom. The van der Waals surface area contributed by atoms with Crippen LogP contribution in [0.2, 0.25) is 0 Å². The Bertz CT molecular complexity index is 738. The minimum atomic E-state index is -0.583. The van der Waals surface area contributed by atoms with Gasteiger partial charge in [0.2, 0.25) is 0 Å². The van der Waals surface area contributed by atoms with Gasteiger partial charge >= 0.3 is 0 Å². The van der Waals surface area contributed by atoms with Crippen molar-refractivity contribution in [2.24, 2.45) is 0 Å². The molecule has 1 unspecified atom stereocenters. The molecule has 1 amide bonds. The van der Waals surface area contributed by atoms with Crippen molar-refractivity contribution in [3.05, 3.63) is 36.0 Å². The van der Waals surface area contributed by atoms with Crippen LogP contribution in [0.1, 0.15) is 10.5 Å². The minimum absolute atomic E-state index is 0.226. The van der Waals surface area contributed by atoms with Gasteiger partial charge < -0.3 is 15.4 Å². The lowest BCUT2D eigenvalue weighted by Crippen LogP contribution is -2.45. The molecule has 21 heavy (non-hydrogen) atoms. The number of rotatable bonds is 1. The summed E-state index contributed by atoms with van der Waals surface area (Å²) in [6.45, 7) is 1.06. The van der Waals surface area contributed by atoms with Crippen LogP contribution in [0.3, 0.4) is 0 Å². The van der Waals surface area contributed by atoms with Gasteiger partial charge in [0.15, 0.2) is 6.10 Å². The number of benzene rings is 1. The molecule has 0 radical (unpaired) electrons. The van der Waals surface area contributed by atoms with E-state index in [2.05, 4.69) is 4.98 Å². The van der Waals surface area contributed by atoms with Gasteiger partial charge in [-0.15, -0.1) is 0 Å². The Morgan fingerprint density at radius 3 is 3.10 bits per heavy atom. The number of amides is 1. The fourth-order valence-electron chi connectivity index (χ4n) is 2.41. The van der Waals surface area contributed by atoms with Gasteiger partial charge in [0.25, 0.3) is 5.91 Å². The lowest BCUT2D eigenvalue weighted by Gasteiger charge is -2.29. The molecule has 106 valence electrons. The number of nitrogens with zero attached hydrogens (tertiary/aromatic N) is 3. The Labute approximate surface area is 121 Å². The van der Waals surface area contributed by atoms with Gasteiger partial charge in [-0.25, -0.2) is 4.98 Å². The molecule has 2 N–H and O–H groups in total. The number of carbonyl (C=O) groups is 1. The van der Waals surface area contributed by atoms with Crippen molar-refractivity contribution in [2.45, 2.75) is 6.10 Å². The lowest BCUT2D eigenvalue weighted by atomic mass is 10.1. The topological polar surface area (TPSA) is 92.2 Å². The summed E-state index contributed by atoms with van der Waals surface area (Å²) in [5.41, 5.74) is 6.22. The maximum atomic E-state index is 12.5. The maximum absolute atomic E-state index is 12.5. The number of fused-ring (bicyclic) bond motifs is 1. The molecule has 1 atom stereocenters. The predicted octanol–water partition coefficient (Wildman–Crippen LogP) is 1.18. The van der Waals surface area contributed by atoms with E-state index in [0.29, 0.717) is 24.7 Å². The van der Waals surface area contributed by atoms with Crippen LogP contribution in [-0.4, -0.2) is 41.6 Å². The quantitative estimate of drug-likeness (QED) is 0.848. The lowest BCUT2D eigenvalue weighted by molar-refractivity contribution is 0.00322. The first-order valence-corrected chi connectivity index (χ1v) is 6.65. The average molecular weight is 282 g/mol. The van der Waals surface area contributed by atoms with Crippen molar-refractivity contribution in [1.29, 1.82) is 5.26 Å². The third-order valence-corrected chi connectivity index (χ3v) is 3.49. The molecule has 6 nitrogen and oxygen atoms in total. The molecule has 6 heteroatoms. The van der Waals surface area contributed by atoms with Gasteiger partial charge in [-0.2, -0.15) is 5.26 Å². The van der Waals surface area contributed by atoms with Crippen LogP contribution < -0.4 is 5.73 Å². The zero-order valence-electron chi connectivity index (χ0n) is 11.3. The zero-order valence-corrected chi connectivity index (χ0v) is 11.3. The van der Waals surface area contributed by atoms with E-state index in [4.69, 9.17) is 15.7 Å². The van der Waals surface area contributed by atoms with E-state index in [1.54, 1.807) is 11.0 Å². The van der Waals surface area contributed by atoms with Crippen molar-refractivity contribution in [1.82, 2.24) is 9.88 Å². The van der Waals surface area contributed by atoms with E-state index < -0.39 is 6.10 Å². The second-order valence-corrected chi connectivity index (χ2v) is 4.85. The van der Waals surface area contributed by atoms with Crippen molar-refractivity contribution in [3.8, 4) is 6.07 Å². The van der Waals surface area contributed by atoms with Crippen molar-refractivity contribution < 1.29 is 9.53 Å². The maximum Gasteiger partial charge on any atom is 0.272 e. The largest absolute Gasteiger partial charge is 0.383 e. The van der Waals surface area contributed by atoms with E-state index in [1.165, 1.54) is 0 Å². The van der Waals surface area contributed by atoms with Gasteiger partial charge in [0, 0.05) is 11.9 Å². The van der Waals surface area contributed by atoms with Crippen LogP contribution in [0.15, 0.2) is 30.3 Å². The van der Waals surface area contributed by atoms with E-state index in [-0.39, 0.29) is 12.5 Å². The number of aromatic nitrogens is 1. The number of nitrogens with two attached hydrogens (primary N) is 1. The van der Waals surface area contributed by atoms with Crippen LogP contribution >= 0.6 is 0 Å². The van der Waals surface area contributed by atoms with Crippen molar-refractivity contribution in [3.63, 3.8) is 0 Å². The van der Waals surface area contributed by atoms with E-state index in [1.807, 2.05) is 30.3 Å². The highest BCUT2D eigenvalue weighted by molar-refractivity contribution is 5.99. The van der Waals surface area contributed by atoms with Gasteiger partial charge in [0.1, 0.15) is 11.5 Å². The fourth-order valence-corrected chi connectivity index (χ4v) is 2.41. The summed E-state index contributed by atoms with van der Waals surface area (Å²) in [4.78, 5) is 18.3. The van der Waals surface area contributed by atoms with E-state index >= 15 is 0 Å². The monoisotopic (exact) mass is 282 g/mol. The van der Waals surface area contributed by atoms with Gasteiger partial charge in [-0.05, 0) is 11.5 Å². The second-order valence-electron chi connectivity index (χ2n) is 4.85. The summed E-state index contributed by atoms with van der Waals surface area (Å²) < 4.78 is 5.24. The molecule has 0 aliphatic carbocycles. The minimum Gasteiger partial charge on any atom is -0.383 e. The molecular formula is C15H14N4O2. The molecule has 3 rings (SSSR count). The van der Waals surface area contributed by atoms with E-state index in [0.717, 1.165) is 10.8 Å². The van der Waals surface area contributed by atoms with Crippen LogP contribution in [-0.2, 0) is 4.74 Å². The molecule has 0 spiro atoms. The molecule has 2 heterocycles. The number of nitriles is 1. The summed E-state index contributed by atoms with van der Waals surface area (Å²) in [6, 6.07) is 11.3. The number of pyridine rings is 1. The Hall–Kier alpha value is -2.65. The standard InChI is InChI=1S/C15H14N4O2/c16-8-11-9-19(5-6-21-11)15(20)13-7-10-3-1-2-4-12(10)14(17)18-13/h1-4,7,11H,5-6,9H2,(H2,17,18). The van der Waals surface area contributed by atoms with Gasteiger partial charge in [-0.3, -0.25) is 4.79 Å². The summed E-state index contributed by atoms with van der Waals surface area (Å²) in [5, 5.41) is 10.6. The average Bonchev–Trinajstić information content (AvgIpc) is 2.54.